The van der Waals surface area contributed by atoms with Gasteiger partial charge in [0, 0.05) is 18.5 Å². The molecule has 1 aliphatic rings. The Balaban J connectivity index is 2.00. The Labute approximate surface area is 93.8 Å². The van der Waals surface area contributed by atoms with Gasteiger partial charge in [-0.2, -0.15) is 4.31 Å². The Hall–Kier alpha value is -1.28. The van der Waals surface area contributed by atoms with Crippen LogP contribution in [0.4, 0.5) is 0 Å². The van der Waals surface area contributed by atoms with E-state index in [0.29, 0.717) is 13.1 Å². The number of rotatable bonds is 3. The molecule has 0 atom stereocenters. The van der Waals surface area contributed by atoms with Crippen molar-refractivity contribution < 1.29 is 8.42 Å². The van der Waals surface area contributed by atoms with Crippen molar-refractivity contribution in [2.45, 2.75) is 18.9 Å². The first-order chi connectivity index (χ1) is 7.63. The molecule has 1 aromatic rings. The summed E-state index contributed by atoms with van der Waals surface area (Å²) in [5, 5.41) is 11.9. The molecule has 16 heavy (non-hydrogen) atoms. The van der Waals surface area contributed by atoms with Crippen molar-refractivity contribution in [2.75, 3.05) is 13.1 Å². The highest BCUT2D eigenvalue weighted by atomic mass is 32.2. The number of nitrogens with zero attached hydrogens (tertiary/aromatic N) is 5. The largest absolute Gasteiger partial charge is 0.235 e. The average molecular weight is 243 g/mol. The molecular formula is C8H13N5O2S. The van der Waals surface area contributed by atoms with Crippen LogP contribution in [0.15, 0.2) is 18.3 Å². The van der Waals surface area contributed by atoms with Gasteiger partial charge in [0.2, 0.25) is 10.0 Å². The second-order valence-corrected chi connectivity index (χ2v) is 5.51. The smallest absolute Gasteiger partial charge is 0.229 e. The number of sulfonamides is 1. The molecule has 8 heteroatoms. The van der Waals surface area contributed by atoms with Gasteiger partial charge in [-0.25, -0.2) is 13.1 Å². The lowest BCUT2D eigenvalue weighted by atomic mass is 10.1. The Morgan fingerprint density at radius 3 is 2.56 bits per heavy atom. The molecule has 0 amide bonds. The highest BCUT2D eigenvalue weighted by Crippen LogP contribution is 2.22. The van der Waals surface area contributed by atoms with Crippen LogP contribution in [0.3, 0.4) is 0 Å². The summed E-state index contributed by atoms with van der Waals surface area (Å²) in [6, 6.07) is 0.186. The minimum Gasteiger partial charge on any atom is -0.229 e. The predicted molar refractivity (Wildman–Crippen MR) is 56.8 cm³/mol. The van der Waals surface area contributed by atoms with E-state index < -0.39 is 10.0 Å². The average Bonchev–Trinajstić information content (AvgIpc) is 2.83. The molecule has 1 aliphatic heterocycles. The summed E-state index contributed by atoms with van der Waals surface area (Å²) in [6.45, 7) is 4.28. The summed E-state index contributed by atoms with van der Waals surface area (Å²) in [6.07, 6.45) is 3.00. The fourth-order valence-corrected chi connectivity index (χ4v) is 2.73. The molecule has 1 fully saturated rings. The van der Waals surface area contributed by atoms with E-state index in [2.05, 4.69) is 22.1 Å². The third-order valence-corrected chi connectivity index (χ3v) is 4.24. The van der Waals surface area contributed by atoms with Crippen molar-refractivity contribution in [3.8, 4) is 0 Å². The van der Waals surface area contributed by atoms with Gasteiger partial charge in [-0.05, 0) is 23.3 Å². The Bertz CT molecular complexity index is 447. The molecule has 0 radical (unpaired) electrons. The summed E-state index contributed by atoms with van der Waals surface area (Å²) in [5.41, 5.74) is 0. The van der Waals surface area contributed by atoms with Gasteiger partial charge in [0.15, 0.2) is 0 Å². The zero-order chi connectivity index (χ0) is 11.6. The third kappa shape index (κ3) is 2.12. The topological polar surface area (TPSA) is 81.0 Å². The van der Waals surface area contributed by atoms with E-state index in [-0.39, 0.29) is 6.04 Å². The van der Waals surface area contributed by atoms with E-state index in [1.807, 2.05) is 0 Å². The Kier molecular flexibility index (Phi) is 3.01. The number of hydrogen-bond acceptors (Lipinski definition) is 5. The summed E-state index contributed by atoms with van der Waals surface area (Å²) in [5.74, 6) is 0. The zero-order valence-corrected chi connectivity index (χ0v) is 9.54. The van der Waals surface area contributed by atoms with Crippen LogP contribution in [0.1, 0.15) is 18.9 Å². The number of aromatic nitrogens is 4. The lowest BCUT2D eigenvalue weighted by Gasteiger charge is -2.29. The molecule has 2 heterocycles. The maximum Gasteiger partial charge on any atom is 0.235 e. The Morgan fingerprint density at radius 2 is 2.06 bits per heavy atom. The van der Waals surface area contributed by atoms with Gasteiger partial charge in [0.1, 0.15) is 6.33 Å². The Morgan fingerprint density at radius 1 is 1.38 bits per heavy atom. The van der Waals surface area contributed by atoms with Gasteiger partial charge in [0.25, 0.3) is 0 Å². The molecule has 2 rings (SSSR count). The van der Waals surface area contributed by atoms with Crippen LogP contribution in [0.5, 0.6) is 0 Å². The third-order valence-electron chi connectivity index (χ3n) is 2.73. The van der Waals surface area contributed by atoms with Gasteiger partial charge in [-0.15, -0.1) is 5.10 Å². The second kappa shape index (κ2) is 4.30. The lowest BCUT2D eigenvalue weighted by molar-refractivity contribution is 0.260. The van der Waals surface area contributed by atoms with Gasteiger partial charge in [-0.1, -0.05) is 6.58 Å². The quantitative estimate of drug-likeness (QED) is 0.733. The molecular weight excluding hydrogens is 230 g/mol. The minimum absolute atomic E-state index is 0.186. The first kappa shape index (κ1) is 11.2. The summed E-state index contributed by atoms with van der Waals surface area (Å²) >= 11 is 0. The van der Waals surface area contributed by atoms with Crippen LogP contribution in [0.25, 0.3) is 0 Å². The van der Waals surface area contributed by atoms with Gasteiger partial charge in [-0.3, -0.25) is 0 Å². The molecule has 7 nitrogen and oxygen atoms in total. The molecule has 0 N–H and O–H groups in total. The molecule has 0 aliphatic carbocycles. The maximum absolute atomic E-state index is 11.5. The highest BCUT2D eigenvalue weighted by molar-refractivity contribution is 7.92. The van der Waals surface area contributed by atoms with Crippen LogP contribution in [-0.4, -0.2) is 46.0 Å². The van der Waals surface area contributed by atoms with E-state index in [1.165, 1.54) is 4.31 Å². The SMILES string of the molecule is C=CS(=O)(=O)N1CCC(n2cnnn2)CC1. The molecule has 1 aromatic heterocycles. The molecule has 0 spiro atoms. The van der Waals surface area contributed by atoms with E-state index in [1.54, 1.807) is 11.0 Å². The van der Waals surface area contributed by atoms with Gasteiger partial charge >= 0.3 is 0 Å². The van der Waals surface area contributed by atoms with Crippen molar-refractivity contribution >= 4 is 10.0 Å². The van der Waals surface area contributed by atoms with Crippen LogP contribution in [0, 0.1) is 0 Å². The zero-order valence-electron chi connectivity index (χ0n) is 8.73. The van der Waals surface area contributed by atoms with Crippen LogP contribution >= 0.6 is 0 Å². The second-order valence-electron chi connectivity index (χ2n) is 3.63. The normalized spacial score (nSPS) is 19.8. The summed E-state index contributed by atoms with van der Waals surface area (Å²) in [4.78, 5) is 0. The van der Waals surface area contributed by atoms with Gasteiger partial charge < -0.3 is 0 Å². The van der Waals surface area contributed by atoms with Gasteiger partial charge in [0.05, 0.1) is 6.04 Å². The van der Waals surface area contributed by atoms with E-state index in [4.69, 9.17) is 0 Å². The molecule has 1 saturated heterocycles. The van der Waals surface area contributed by atoms with E-state index in [9.17, 15) is 8.42 Å². The number of piperidine rings is 1. The van der Waals surface area contributed by atoms with Crippen LogP contribution in [0.2, 0.25) is 0 Å². The van der Waals surface area contributed by atoms with Crippen molar-refractivity contribution in [1.82, 2.24) is 24.5 Å². The first-order valence-corrected chi connectivity index (χ1v) is 6.49. The van der Waals surface area contributed by atoms with Crippen molar-refractivity contribution in [1.29, 1.82) is 0 Å². The molecule has 0 aromatic carbocycles. The standard InChI is InChI=1S/C8H13N5O2S/c1-2-16(14,15)12-5-3-8(4-6-12)13-7-9-10-11-13/h2,7-8H,1,3-6H2. The monoisotopic (exact) mass is 243 g/mol. The summed E-state index contributed by atoms with van der Waals surface area (Å²) < 4.78 is 26.1. The number of tetrazole rings is 1. The molecule has 0 unspecified atom stereocenters. The van der Waals surface area contributed by atoms with Crippen LogP contribution in [-0.2, 0) is 10.0 Å². The fraction of sp³-hybridized carbons (Fsp3) is 0.625. The van der Waals surface area contributed by atoms with E-state index in [0.717, 1.165) is 18.2 Å². The molecule has 88 valence electrons. The lowest BCUT2D eigenvalue weighted by Crippen LogP contribution is -2.38. The number of hydrogen-bond donors (Lipinski definition) is 0. The first-order valence-electron chi connectivity index (χ1n) is 4.98. The van der Waals surface area contributed by atoms with E-state index >= 15 is 0 Å². The fourth-order valence-electron chi connectivity index (χ4n) is 1.80. The summed E-state index contributed by atoms with van der Waals surface area (Å²) in [7, 11) is -3.28. The van der Waals surface area contributed by atoms with Crippen molar-refractivity contribution in [3.05, 3.63) is 18.3 Å². The molecule has 0 bridgehead atoms. The minimum atomic E-state index is -3.28. The molecule has 0 saturated carbocycles. The van der Waals surface area contributed by atoms with Crippen molar-refractivity contribution in [3.63, 3.8) is 0 Å². The predicted octanol–water partition coefficient (Wildman–Crippen LogP) is -0.217. The van der Waals surface area contributed by atoms with Crippen LogP contribution < -0.4 is 0 Å². The highest BCUT2D eigenvalue weighted by Gasteiger charge is 2.27. The maximum atomic E-state index is 11.5. The van der Waals surface area contributed by atoms with Crippen molar-refractivity contribution in [2.24, 2.45) is 0 Å².